The highest BCUT2D eigenvalue weighted by Gasteiger charge is 2.47. The maximum atomic E-state index is 6.08. The fourth-order valence-corrected chi connectivity index (χ4v) is 7.01. The lowest BCUT2D eigenvalue weighted by Gasteiger charge is -2.54. The zero-order valence-corrected chi connectivity index (χ0v) is 17.7. The molecule has 0 atom stereocenters. The predicted octanol–water partition coefficient (Wildman–Crippen LogP) is 5.91. The van der Waals surface area contributed by atoms with Crippen molar-refractivity contribution in [2.45, 2.75) is 64.6 Å². The molecule has 0 aliphatic heterocycles. The van der Waals surface area contributed by atoms with Gasteiger partial charge in [-0.2, -0.15) is 0 Å². The molecule has 4 aliphatic carbocycles. The molecule has 132 valence electrons. The van der Waals surface area contributed by atoms with Crippen LogP contribution in [0, 0.1) is 23.7 Å². The highest BCUT2D eigenvalue weighted by Crippen LogP contribution is 2.53. The van der Waals surface area contributed by atoms with Crippen LogP contribution in [0.1, 0.15) is 51.5 Å². The molecule has 0 spiro atoms. The van der Waals surface area contributed by atoms with E-state index in [9.17, 15) is 0 Å². The Bertz CT molecular complexity index is 588. The molecule has 0 radical (unpaired) electrons. The van der Waals surface area contributed by atoms with Crippen molar-refractivity contribution in [1.82, 2.24) is 5.32 Å². The van der Waals surface area contributed by atoms with Crippen molar-refractivity contribution in [3.63, 3.8) is 0 Å². The van der Waals surface area contributed by atoms with Gasteiger partial charge in [0, 0.05) is 22.6 Å². The van der Waals surface area contributed by atoms with E-state index in [1.807, 2.05) is 0 Å². The number of halogens is 2. The van der Waals surface area contributed by atoms with Gasteiger partial charge < -0.3 is 10.1 Å². The third-order valence-electron chi connectivity index (χ3n) is 6.19. The first kappa shape index (κ1) is 17.4. The highest BCUT2D eigenvalue weighted by atomic mass is 79.9. The van der Waals surface area contributed by atoms with Crippen LogP contribution < -0.4 is 10.1 Å². The average Bonchev–Trinajstić information content (AvgIpc) is 2.48. The second-order valence-electron chi connectivity index (χ2n) is 8.38. The molecular formula is C20H27Br2NO. The lowest BCUT2D eigenvalue weighted by atomic mass is 9.54. The maximum Gasteiger partial charge on any atom is 0.138 e. The summed E-state index contributed by atoms with van der Waals surface area (Å²) in [7, 11) is 0. The summed E-state index contributed by atoms with van der Waals surface area (Å²) in [5, 5.41) is 3.93. The molecule has 2 nitrogen and oxygen atoms in total. The van der Waals surface area contributed by atoms with Crippen molar-refractivity contribution >= 4 is 31.9 Å². The van der Waals surface area contributed by atoms with Crippen molar-refractivity contribution in [2.75, 3.05) is 0 Å². The van der Waals surface area contributed by atoms with Crippen LogP contribution in [0.2, 0.25) is 0 Å². The molecule has 1 aromatic rings. The standard InChI is InChI=1S/C20H27Br2NO/c1-11(2)24-20-16(8-17(21)9-18(20)22)10-23-19-14-4-12-3-13(6-14)7-15(19)5-12/h8-9,11-15,19,23H,3-7,10H2,1-2H3. The van der Waals surface area contributed by atoms with E-state index in [0.29, 0.717) is 6.04 Å². The van der Waals surface area contributed by atoms with Crippen LogP contribution in [0.15, 0.2) is 21.1 Å². The van der Waals surface area contributed by atoms with E-state index in [1.165, 1.54) is 37.7 Å². The molecular weight excluding hydrogens is 430 g/mol. The zero-order chi connectivity index (χ0) is 16.8. The molecule has 0 saturated heterocycles. The van der Waals surface area contributed by atoms with Gasteiger partial charge in [-0.3, -0.25) is 0 Å². The summed E-state index contributed by atoms with van der Waals surface area (Å²) in [5.74, 6) is 4.87. The molecule has 4 aliphatic rings. The summed E-state index contributed by atoms with van der Waals surface area (Å²) in [6.45, 7) is 5.07. The van der Waals surface area contributed by atoms with Gasteiger partial charge in [0.2, 0.25) is 0 Å². The van der Waals surface area contributed by atoms with Gasteiger partial charge >= 0.3 is 0 Å². The van der Waals surface area contributed by atoms with E-state index in [-0.39, 0.29) is 6.10 Å². The first-order chi connectivity index (χ1) is 11.5. The highest BCUT2D eigenvalue weighted by molar-refractivity contribution is 9.11. The van der Waals surface area contributed by atoms with Crippen LogP contribution in [0.3, 0.4) is 0 Å². The Hall–Kier alpha value is -0.0600. The SMILES string of the molecule is CC(C)Oc1c(Br)cc(Br)cc1CNC1C2CC3CC(C2)CC1C3. The van der Waals surface area contributed by atoms with E-state index in [4.69, 9.17) is 4.74 Å². The Kier molecular flexibility index (Phi) is 5.01. The second-order valence-corrected chi connectivity index (χ2v) is 10.1. The van der Waals surface area contributed by atoms with Gasteiger partial charge in [0.15, 0.2) is 0 Å². The molecule has 0 heterocycles. The van der Waals surface area contributed by atoms with Crippen molar-refractivity contribution < 1.29 is 4.74 Å². The largest absolute Gasteiger partial charge is 0.489 e. The third-order valence-corrected chi connectivity index (χ3v) is 7.24. The van der Waals surface area contributed by atoms with Gasteiger partial charge in [-0.1, -0.05) is 15.9 Å². The third kappa shape index (κ3) is 3.43. The topological polar surface area (TPSA) is 21.3 Å². The van der Waals surface area contributed by atoms with E-state index < -0.39 is 0 Å². The number of rotatable bonds is 5. The van der Waals surface area contributed by atoms with E-state index >= 15 is 0 Å². The van der Waals surface area contributed by atoms with Crippen LogP contribution in [0.5, 0.6) is 5.75 Å². The number of ether oxygens (including phenoxy) is 1. The molecule has 1 N–H and O–H groups in total. The van der Waals surface area contributed by atoms with Crippen LogP contribution in [0.4, 0.5) is 0 Å². The van der Waals surface area contributed by atoms with E-state index in [1.54, 1.807) is 0 Å². The first-order valence-corrected chi connectivity index (χ1v) is 11.0. The minimum atomic E-state index is 0.183. The number of benzene rings is 1. The van der Waals surface area contributed by atoms with Crippen LogP contribution in [-0.2, 0) is 6.54 Å². The summed E-state index contributed by atoms with van der Waals surface area (Å²) in [6, 6.07) is 4.98. The second kappa shape index (κ2) is 6.92. The van der Waals surface area contributed by atoms with E-state index in [2.05, 4.69) is 63.2 Å². The fraction of sp³-hybridized carbons (Fsp3) is 0.700. The Morgan fingerprint density at radius 1 is 1.04 bits per heavy atom. The van der Waals surface area contributed by atoms with Gasteiger partial charge in [-0.25, -0.2) is 0 Å². The van der Waals surface area contributed by atoms with Crippen molar-refractivity contribution in [2.24, 2.45) is 23.7 Å². The molecule has 4 bridgehead atoms. The summed E-state index contributed by atoms with van der Waals surface area (Å²) < 4.78 is 8.22. The van der Waals surface area contributed by atoms with Gasteiger partial charge in [0.05, 0.1) is 10.6 Å². The smallest absolute Gasteiger partial charge is 0.138 e. The lowest BCUT2D eigenvalue weighted by Crippen LogP contribution is -2.54. The van der Waals surface area contributed by atoms with Crippen molar-refractivity contribution in [3.05, 3.63) is 26.6 Å². The van der Waals surface area contributed by atoms with Crippen molar-refractivity contribution in [1.29, 1.82) is 0 Å². The maximum absolute atomic E-state index is 6.08. The van der Waals surface area contributed by atoms with Gasteiger partial charge in [0.25, 0.3) is 0 Å². The molecule has 0 amide bonds. The van der Waals surface area contributed by atoms with Gasteiger partial charge in [0.1, 0.15) is 5.75 Å². The molecule has 4 saturated carbocycles. The Labute approximate surface area is 162 Å². The first-order valence-electron chi connectivity index (χ1n) is 9.37. The summed E-state index contributed by atoms with van der Waals surface area (Å²) in [6.07, 6.45) is 7.54. The molecule has 4 fully saturated rings. The predicted molar refractivity (Wildman–Crippen MR) is 105 cm³/mol. The molecule has 24 heavy (non-hydrogen) atoms. The molecule has 5 rings (SSSR count). The van der Waals surface area contributed by atoms with Crippen LogP contribution in [-0.4, -0.2) is 12.1 Å². The van der Waals surface area contributed by atoms with Crippen LogP contribution in [0.25, 0.3) is 0 Å². The zero-order valence-electron chi connectivity index (χ0n) is 14.5. The van der Waals surface area contributed by atoms with E-state index in [0.717, 1.165) is 44.9 Å². The summed E-state index contributed by atoms with van der Waals surface area (Å²) in [4.78, 5) is 0. The van der Waals surface area contributed by atoms with Gasteiger partial charge in [-0.05, 0) is 97.7 Å². The Morgan fingerprint density at radius 3 is 2.25 bits per heavy atom. The number of hydrogen-bond donors (Lipinski definition) is 1. The summed E-state index contributed by atoms with van der Waals surface area (Å²) in [5.41, 5.74) is 1.25. The molecule has 0 aromatic heterocycles. The quantitative estimate of drug-likeness (QED) is 0.594. The Morgan fingerprint density at radius 2 is 1.67 bits per heavy atom. The number of nitrogens with one attached hydrogen (secondary N) is 1. The monoisotopic (exact) mass is 455 g/mol. The van der Waals surface area contributed by atoms with Crippen LogP contribution >= 0.6 is 31.9 Å². The Balaban J connectivity index is 1.49. The minimum absolute atomic E-state index is 0.183. The lowest BCUT2D eigenvalue weighted by molar-refractivity contribution is -0.0143. The van der Waals surface area contributed by atoms with Gasteiger partial charge in [-0.15, -0.1) is 0 Å². The normalized spacial score (nSPS) is 34.1. The average molecular weight is 457 g/mol. The molecule has 4 heteroatoms. The number of hydrogen-bond acceptors (Lipinski definition) is 2. The van der Waals surface area contributed by atoms with Crippen molar-refractivity contribution in [3.8, 4) is 5.75 Å². The molecule has 0 unspecified atom stereocenters. The molecule has 1 aromatic carbocycles. The minimum Gasteiger partial charge on any atom is -0.489 e. The fourth-order valence-electron chi connectivity index (χ4n) is 5.60. The summed E-state index contributed by atoms with van der Waals surface area (Å²) >= 11 is 7.30.